The SMILES string of the molecule is CC(=O)c1occc1C(=C[Si](C)(C)C)c1ccccc1. The average molecular weight is 284 g/mol. The average Bonchev–Trinajstić information content (AvgIpc) is 2.85. The fourth-order valence-electron chi connectivity index (χ4n) is 2.16. The lowest BCUT2D eigenvalue weighted by molar-refractivity contribution is 0.0987. The largest absolute Gasteiger partial charge is 0.461 e. The Kier molecular flexibility index (Phi) is 4.09. The lowest BCUT2D eigenvalue weighted by atomic mass is 9.99. The van der Waals surface area contributed by atoms with Crippen molar-refractivity contribution in [3.8, 4) is 0 Å². The van der Waals surface area contributed by atoms with Gasteiger partial charge in [0.05, 0.1) is 14.3 Å². The van der Waals surface area contributed by atoms with Crippen molar-refractivity contribution in [1.82, 2.24) is 0 Å². The second-order valence-corrected chi connectivity index (χ2v) is 11.0. The van der Waals surface area contributed by atoms with E-state index in [0.717, 1.165) is 16.7 Å². The summed E-state index contributed by atoms with van der Waals surface area (Å²) in [6.07, 6.45) is 1.59. The predicted molar refractivity (Wildman–Crippen MR) is 85.6 cm³/mol. The van der Waals surface area contributed by atoms with Crippen LogP contribution in [0.4, 0.5) is 0 Å². The maximum atomic E-state index is 11.7. The second-order valence-electron chi connectivity index (χ2n) is 6.01. The molecule has 0 radical (unpaired) electrons. The summed E-state index contributed by atoms with van der Waals surface area (Å²) in [4.78, 5) is 11.7. The van der Waals surface area contributed by atoms with Gasteiger partial charge in [-0.05, 0) is 17.2 Å². The number of Topliss-reactive ketones (excluding diaryl/α,β-unsaturated/α-hetero) is 1. The summed E-state index contributed by atoms with van der Waals surface area (Å²) in [5.74, 6) is 0.403. The molecule has 0 aliphatic heterocycles. The van der Waals surface area contributed by atoms with E-state index in [0.29, 0.717) is 5.76 Å². The Bertz CT molecular complexity index is 631. The number of hydrogen-bond acceptors (Lipinski definition) is 2. The second kappa shape index (κ2) is 5.63. The Balaban J connectivity index is 2.62. The minimum atomic E-state index is -1.43. The molecule has 0 aliphatic rings. The van der Waals surface area contributed by atoms with Gasteiger partial charge in [-0.2, -0.15) is 0 Å². The lowest BCUT2D eigenvalue weighted by Gasteiger charge is -2.15. The van der Waals surface area contributed by atoms with Crippen LogP contribution in [0.25, 0.3) is 5.57 Å². The first-order valence-corrected chi connectivity index (χ1v) is 10.3. The Morgan fingerprint density at radius 1 is 1.10 bits per heavy atom. The van der Waals surface area contributed by atoms with Crippen molar-refractivity contribution in [2.24, 2.45) is 0 Å². The van der Waals surface area contributed by atoms with Crippen molar-refractivity contribution < 1.29 is 9.21 Å². The van der Waals surface area contributed by atoms with Gasteiger partial charge < -0.3 is 4.42 Å². The molecule has 0 N–H and O–H groups in total. The molecule has 0 unspecified atom stereocenters. The summed E-state index contributed by atoms with van der Waals surface area (Å²) in [7, 11) is -1.43. The summed E-state index contributed by atoms with van der Waals surface area (Å²) in [5, 5.41) is 0. The standard InChI is InChI=1S/C17H20O2Si/c1-13(18)17-15(10-11-19-17)16(12-20(2,3)4)14-8-6-5-7-9-14/h5-12H,1-4H3. The van der Waals surface area contributed by atoms with E-state index in [1.165, 1.54) is 0 Å². The highest BCUT2D eigenvalue weighted by atomic mass is 28.3. The van der Waals surface area contributed by atoms with E-state index >= 15 is 0 Å². The van der Waals surface area contributed by atoms with Crippen LogP contribution in [0.2, 0.25) is 19.6 Å². The van der Waals surface area contributed by atoms with Gasteiger partial charge in [-0.25, -0.2) is 0 Å². The van der Waals surface area contributed by atoms with Crippen LogP contribution in [0.3, 0.4) is 0 Å². The summed E-state index contributed by atoms with van der Waals surface area (Å²) in [5.41, 5.74) is 5.44. The van der Waals surface area contributed by atoms with Crippen molar-refractivity contribution in [3.63, 3.8) is 0 Å². The van der Waals surface area contributed by atoms with E-state index in [9.17, 15) is 4.79 Å². The van der Waals surface area contributed by atoms with Crippen LogP contribution in [0, 0.1) is 0 Å². The molecule has 0 saturated heterocycles. The molecule has 2 nitrogen and oxygen atoms in total. The minimum absolute atomic E-state index is 0.0394. The third-order valence-electron chi connectivity index (χ3n) is 2.94. The van der Waals surface area contributed by atoms with E-state index in [2.05, 4.69) is 37.5 Å². The number of ketones is 1. The Morgan fingerprint density at radius 2 is 1.75 bits per heavy atom. The monoisotopic (exact) mass is 284 g/mol. The fraction of sp³-hybridized carbons (Fsp3) is 0.235. The molecule has 3 heteroatoms. The smallest absolute Gasteiger partial charge is 0.195 e. The molecule has 2 aromatic rings. The van der Waals surface area contributed by atoms with Gasteiger partial charge in [-0.15, -0.1) is 0 Å². The Labute approximate surface area is 121 Å². The number of carbonyl (C=O) groups excluding carboxylic acids is 1. The molecule has 0 aliphatic carbocycles. The fourth-order valence-corrected chi connectivity index (χ4v) is 3.35. The summed E-state index contributed by atoms with van der Waals surface area (Å²) < 4.78 is 5.37. The van der Waals surface area contributed by atoms with Crippen molar-refractivity contribution in [3.05, 3.63) is 65.2 Å². The number of hydrogen-bond donors (Lipinski definition) is 0. The van der Waals surface area contributed by atoms with Crippen LogP contribution in [0.1, 0.15) is 28.6 Å². The van der Waals surface area contributed by atoms with Crippen LogP contribution in [-0.2, 0) is 0 Å². The maximum Gasteiger partial charge on any atom is 0.195 e. The van der Waals surface area contributed by atoms with Crippen molar-refractivity contribution in [2.75, 3.05) is 0 Å². The van der Waals surface area contributed by atoms with Crippen LogP contribution < -0.4 is 0 Å². The molecule has 1 heterocycles. The normalized spacial score (nSPS) is 12.5. The van der Waals surface area contributed by atoms with Gasteiger partial charge in [0.25, 0.3) is 0 Å². The van der Waals surface area contributed by atoms with E-state index in [4.69, 9.17) is 4.42 Å². The number of rotatable bonds is 4. The molecule has 0 fully saturated rings. The molecule has 0 atom stereocenters. The molecule has 0 spiro atoms. The third kappa shape index (κ3) is 3.36. The highest BCUT2D eigenvalue weighted by Crippen LogP contribution is 2.29. The van der Waals surface area contributed by atoms with Gasteiger partial charge in [0, 0.05) is 12.5 Å². The van der Waals surface area contributed by atoms with E-state index in [1.807, 2.05) is 24.3 Å². The summed E-state index contributed by atoms with van der Waals surface area (Å²) >= 11 is 0. The summed E-state index contributed by atoms with van der Waals surface area (Å²) in [6.45, 7) is 8.38. The number of benzene rings is 1. The minimum Gasteiger partial charge on any atom is -0.461 e. The first-order valence-electron chi connectivity index (χ1n) is 6.75. The third-order valence-corrected chi connectivity index (χ3v) is 4.09. The van der Waals surface area contributed by atoms with Gasteiger partial charge in [-0.3, -0.25) is 4.79 Å². The molecule has 0 amide bonds. The van der Waals surface area contributed by atoms with Crippen LogP contribution in [-0.4, -0.2) is 13.9 Å². The van der Waals surface area contributed by atoms with Gasteiger partial charge in [0.2, 0.25) is 0 Å². The molecular weight excluding hydrogens is 264 g/mol. The summed E-state index contributed by atoms with van der Waals surface area (Å²) in [6, 6.07) is 12.1. The maximum absolute atomic E-state index is 11.7. The molecule has 20 heavy (non-hydrogen) atoms. The molecule has 1 aromatic carbocycles. The zero-order chi connectivity index (χ0) is 14.8. The molecule has 1 aromatic heterocycles. The van der Waals surface area contributed by atoms with Crippen LogP contribution in [0.15, 0.2) is 52.8 Å². The van der Waals surface area contributed by atoms with Gasteiger partial charge >= 0.3 is 0 Å². The number of carbonyl (C=O) groups is 1. The van der Waals surface area contributed by atoms with Crippen molar-refractivity contribution >= 4 is 19.4 Å². The first-order chi connectivity index (χ1) is 9.38. The zero-order valence-corrected chi connectivity index (χ0v) is 13.4. The quantitative estimate of drug-likeness (QED) is 0.597. The molecule has 0 bridgehead atoms. The van der Waals surface area contributed by atoms with E-state index in [1.54, 1.807) is 13.2 Å². The Hall–Kier alpha value is -1.87. The molecule has 0 saturated carbocycles. The van der Waals surface area contributed by atoms with Gasteiger partial charge in [-0.1, -0.05) is 55.7 Å². The van der Waals surface area contributed by atoms with Gasteiger partial charge in [0.1, 0.15) is 0 Å². The molecule has 2 rings (SSSR count). The molecule has 104 valence electrons. The zero-order valence-electron chi connectivity index (χ0n) is 12.4. The van der Waals surface area contributed by atoms with E-state index in [-0.39, 0.29) is 5.78 Å². The number of furan rings is 1. The lowest BCUT2D eigenvalue weighted by Crippen LogP contribution is -2.17. The van der Waals surface area contributed by atoms with Gasteiger partial charge in [0.15, 0.2) is 11.5 Å². The van der Waals surface area contributed by atoms with Crippen LogP contribution >= 0.6 is 0 Å². The topological polar surface area (TPSA) is 30.2 Å². The van der Waals surface area contributed by atoms with Crippen LogP contribution in [0.5, 0.6) is 0 Å². The van der Waals surface area contributed by atoms with Crippen molar-refractivity contribution in [1.29, 1.82) is 0 Å². The van der Waals surface area contributed by atoms with Crippen molar-refractivity contribution in [2.45, 2.75) is 26.6 Å². The first kappa shape index (κ1) is 14.5. The Morgan fingerprint density at radius 3 is 2.30 bits per heavy atom. The van der Waals surface area contributed by atoms with E-state index < -0.39 is 8.07 Å². The highest BCUT2D eigenvalue weighted by molar-refractivity contribution is 6.81. The predicted octanol–water partition coefficient (Wildman–Crippen LogP) is 4.79. The molecular formula is C17H20O2Si. The highest BCUT2D eigenvalue weighted by Gasteiger charge is 2.19.